The van der Waals surface area contributed by atoms with E-state index in [1.807, 2.05) is 0 Å². The Morgan fingerprint density at radius 3 is 2.78 bits per heavy atom. The van der Waals surface area contributed by atoms with Crippen LogP contribution >= 0.6 is 0 Å². The number of piperazine rings is 1. The molecule has 2 amide bonds. The molecule has 0 saturated carbocycles. The third-order valence-corrected chi connectivity index (χ3v) is 2.67. The van der Waals surface area contributed by atoms with Crippen LogP contribution in [0, 0.1) is 0 Å². The number of carbonyl (C=O) groups is 2. The van der Waals surface area contributed by atoms with Gasteiger partial charge in [-0.15, -0.1) is 0 Å². The van der Waals surface area contributed by atoms with Gasteiger partial charge in [0.2, 0.25) is 5.91 Å². The third-order valence-electron chi connectivity index (χ3n) is 2.67. The molecule has 1 aliphatic heterocycles. The lowest BCUT2D eigenvalue weighted by atomic mass is 10.3. The molecule has 2 N–H and O–H groups in total. The first-order valence-electron chi connectivity index (χ1n) is 5.80. The molecule has 2 heterocycles. The second kappa shape index (κ2) is 6.06. The monoisotopic (exact) mass is 249 g/mol. The molecule has 96 valence electrons. The number of amides is 2. The summed E-state index contributed by atoms with van der Waals surface area (Å²) in [6.07, 6.45) is 4.29. The van der Waals surface area contributed by atoms with E-state index >= 15 is 0 Å². The van der Waals surface area contributed by atoms with Gasteiger partial charge in [0.05, 0.1) is 12.7 Å². The van der Waals surface area contributed by atoms with Crippen molar-refractivity contribution in [3.05, 3.63) is 24.3 Å². The second-order valence-electron chi connectivity index (χ2n) is 3.90. The summed E-state index contributed by atoms with van der Waals surface area (Å²) in [7, 11) is 0. The zero-order chi connectivity index (χ0) is 12.8. The lowest BCUT2D eigenvalue weighted by Crippen LogP contribution is -2.49. The van der Waals surface area contributed by atoms with Crippen molar-refractivity contribution in [1.29, 1.82) is 0 Å². The Balaban J connectivity index is 1.80. The molecule has 1 aromatic heterocycles. The Bertz CT molecular complexity index is 417. The van der Waals surface area contributed by atoms with Gasteiger partial charge >= 0.3 is 0 Å². The predicted octanol–water partition coefficient (Wildman–Crippen LogP) is -1.36. The summed E-state index contributed by atoms with van der Waals surface area (Å²) in [4.78, 5) is 32.8. The fourth-order valence-corrected chi connectivity index (χ4v) is 1.69. The van der Waals surface area contributed by atoms with E-state index in [-0.39, 0.29) is 24.1 Å². The SMILES string of the molecule is O=C(NCC(=O)N1CCNCC1)c1cnccn1. The lowest BCUT2D eigenvalue weighted by molar-refractivity contribution is -0.130. The average molecular weight is 249 g/mol. The third kappa shape index (κ3) is 3.24. The van der Waals surface area contributed by atoms with Gasteiger partial charge in [0, 0.05) is 38.6 Å². The first-order valence-corrected chi connectivity index (χ1v) is 5.80. The predicted molar refractivity (Wildman–Crippen MR) is 63.8 cm³/mol. The van der Waals surface area contributed by atoms with Gasteiger partial charge in [-0.1, -0.05) is 0 Å². The largest absolute Gasteiger partial charge is 0.342 e. The van der Waals surface area contributed by atoms with E-state index < -0.39 is 0 Å². The first kappa shape index (κ1) is 12.4. The van der Waals surface area contributed by atoms with E-state index in [2.05, 4.69) is 20.6 Å². The van der Waals surface area contributed by atoms with Crippen LogP contribution < -0.4 is 10.6 Å². The van der Waals surface area contributed by atoms with Crippen LogP contribution in [0.3, 0.4) is 0 Å². The number of rotatable bonds is 3. The average Bonchev–Trinajstić information content (AvgIpc) is 2.46. The minimum atomic E-state index is -0.383. The minimum absolute atomic E-state index is 0.00456. The molecular formula is C11H15N5O2. The maximum atomic E-state index is 11.8. The molecule has 2 rings (SSSR count). The Hall–Kier alpha value is -2.02. The summed E-state index contributed by atoms with van der Waals surface area (Å²) in [5, 5.41) is 5.70. The summed E-state index contributed by atoms with van der Waals surface area (Å²) < 4.78 is 0. The summed E-state index contributed by atoms with van der Waals surface area (Å²) in [6.45, 7) is 2.95. The van der Waals surface area contributed by atoms with E-state index in [4.69, 9.17) is 0 Å². The van der Waals surface area contributed by atoms with Crippen molar-refractivity contribution < 1.29 is 9.59 Å². The van der Waals surface area contributed by atoms with E-state index in [1.54, 1.807) is 4.90 Å². The Labute approximate surface area is 105 Å². The van der Waals surface area contributed by atoms with E-state index in [0.717, 1.165) is 13.1 Å². The van der Waals surface area contributed by atoms with Gasteiger partial charge in [-0.2, -0.15) is 0 Å². The highest BCUT2D eigenvalue weighted by Gasteiger charge is 2.17. The van der Waals surface area contributed by atoms with Gasteiger partial charge < -0.3 is 15.5 Å². The number of hydrogen-bond acceptors (Lipinski definition) is 5. The zero-order valence-corrected chi connectivity index (χ0v) is 9.93. The van der Waals surface area contributed by atoms with E-state index in [0.29, 0.717) is 13.1 Å². The molecule has 1 aromatic rings. The number of aromatic nitrogens is 2. The molecule has 0 bridgehead atoms. The molecule has 0 spiro atoms. The molecule has 0 radical (unpaired) electrons. The summed E-state index contributed by atoms with van der Waals surface area (Å²) in [5.74, 6) is -0.458. The van der Waals surface area contributed by atoms with Gasteiger partial charge in [0.15, 0.2) is 0 Å². The topological polar surface area (TPSA) is 87.2 Å². The van der Waals surface area contributed by atoms with Crippen molar-refractivity contribution in [2.45, 2.75) is 0 Å². The first-order chi connectivity index (χ1) is 8.77. The number of hydrogen-bond donors (Lipinski definition) is 2. The molecule has 1 aliphatic rings. The van der Waals surface area contributed by atoms with Crippen molar-refractivity contribution >= 4 is 11.8 Å². The normalized spacial score (nSPS) is 15.2. The van der Waals surface area contributed by atoms with Gasteiger partial charge in [0.1, 0.15) is 5.69 Å². The van der Waals surface area contributed by atoms with Crippen LogP contribution in [-0.4, -0.2) is 59.4 Å². The quantitative estimate of drug-likeness (QED) is 0.690. The summed E-state index contributed by atoms with van der Waals surface area (Å²) in [6, 6.07) is 0. The number of carbonyl (C=O) groups excluding carboxylic acids is 2. The van der Waals surface area contributed by atoms with Crippen LogP contribution in [0.25, 0.3) is 0 Å². The molecule has 1 fully saturated rings. The molecule has 0 aliphatic carbocycles. The molecule has 18 heavy (non-hydrogen) atoms. The lowest BCUT2D eigenvalue weighted by Gasteiger charge is -2.27. The highest BCUT2D eigenvalue weighted by atomic mass is 16.2. The summed E-state index contributed by atoms with van der Waals surface area (Å²) >= 11 is 0. The molecule has 1 saturated heterocycles. The molecular weight excluding hydrogens is 234 g/mol. The minimum Gasteiger partial charge on any atom is -0.342 e. The highest BCUT2D eigenvalue weighted by Crippen LogP contribution is 1.94. The van der Waals surface area contributed by atoms with Crippen LogP contribution in [0.4, 0.5) is 0 Å². The Kier molecular flexibility index (Phi) is 4.19. The molecule has 0 unspecified atom stereocenters. The summed E-state index contributed by atoms with van der Waals surface area (Å²) in [5.41, 5.74) is 0.214. The fourth-order valence-electron chi connectivity index (χ4n) is 1.69. The van der Waals surface area contributed by atoms with Crippen LogP contribution in [0.15, 0.2) is 18.6 Å². The van der Waals surface area contributed by atoms with Gasteiger partial charge in [-0.05, 0) is 0 Å². The molecule has 0 atom stereocenters. The van der Waals surface area contributed by atoms with E-state index in [1.165, 1.54) is 18.6 Å². The maximum absolute atomic E-state index is 11.8. The van der Waals surface area contributed by atoms with Gasteiger partial charge in [-0.3, -0.25) is 14.6 Å². The zero-order valence-electron chi connectivity index (χ0n) is 9.93. The molecule has 7 heteroatoms. The van der Waals surface area contributed by atoms with Crippen molar-refractivity contribution in [2.24, 2.45) is 0 Å². The van der Waals surface area contributed by atoms with Crippen LogP contribution in [0.2, 0.25) is 0 Å². The van der Waals surface area contributed by atoms with Crippen LogP contribution in [0.1, 0.15) is 10.5 Å². The van der Waals surface area contributed by atoms with Crippen molar-refractivity contribution in [2.75, 3.05) is 32.7 Å². The van der Waals surface area contributed by atoms with Crippen molar-refractivity contribution in [3.8, 4) is 0 Å². The number of nitrogens with zero attached hydrogens (tertiary/aromatic N) is 3. The van der Waals surface area contributed by atoms with E-state index in [9.17, 15) is 9.59 Å². The Morgan fingerprint density at radius 1 is 1.33 bits per heavy atom. The van der Waals surface area contributed by atoms with Crippen LogP contribution in [-0.2, 0) is 4.79 Å². The smallest absolute Gasteiger partial charge is 0.271 e. The second-order valence-corrected chi connectivity index (χ2v) is 3.90. The van der Waals surface area contributed by atoms with Crippen molar-refractivity contribution in [1.82, 2.24) is 25.5 Å². The standard InChI is InChI=1S/C11H15N5O2/c17-10(16-5-3-12-4-6-16)8-15-11(18)9-7-13-1-2-14-9/h1-2,7,12H,3-6,8H2,(H,15,18). The van der Waals surface area contributed by atoms with Crippen LogP contribution in [0.5, 0.6) is 0 Å². The van der Waals surface area contributed by atoms with Gasteiger partial charge in [-0.25, -0.2) is 4.98 Å². The van der Waals surface area contributed by atoms with Crippen molar-refractivity contribution in [3.63, 3.8) is 0 Å². The maximum Gasteiger partial charge on any atom is 0.271 e. The number of nitrogens with one attached hydrogen (secondary N) is 2. The van der Waals surface area contributed by atoms with Gasteiger partial charge in [0.25, 0.3) is 5.91 Å². The highest BCUT2D eigenvalue weighted by molar-refractivity contribution is 5.94. The Morgan fingerprint density at radius 2 is 2.11 bits per heavy atom. The molecule has 7 nitrogen and oxygen atoms in total. The fraction of sp³-hybridized carbons (Fsp3) is 0.455. The molecule has 0 aromatic carbocycles.